The van der Waals surface area contributed by atoms with Crippen LogP contribution in [0.1, 0.15) is 25.7 Å². The Morgan fingerprint density at radius 3 is 2.88 bits per heavy atom. The highest BCUT2D eigenvalue weighted by atomic mass is 19.3. The highest BCUT2D eigenvalue weighted by Gasteiger charge is 2.31. The first-order valence-corrected chi connectivity index (χ1v) is 6.10. The van der Waals surface area contributed by atoms with Crippen molar-refractivity contribution in [2.24, 2.45) is 0 Å². The molecule has 0 saturated carbocycles. The molecule has 0 aromatic rings. The maximum absolute atomic E-state index is 12.1. The normalized spacial score (nSPS) is 33.0. The molecule has 3 unspecified atom stereocenters. The largest absolute Gasteiger partial charge is 0.386 e. The molecule has 2 heterocycles. The van der Waals surface area contributed by atoms with E-state index in [0.717, 1.165) is 19.4 Å². The second kappa shape index (κ2) is 5.38. The van der Waals surface area contributed by atoms with Crippen molar-refractivity contribution in [1.29, 1.82) is 0 Å². The van der Waals surface area contributed by atoms with Crippen LogP contribution in [0.3, 0.4) is 0 Å². The Labute approximate surface area is 94.8 Å². The van der Waals surface area contributed by atoms with Crippen LogP contribution in [0.2, 0.25) is 0 Å². The zero-order valence-corrected chi connectivity index (χ0v) is 9.41. The Bertz CT molecular complexity index is 228. The first-order valence-electron chi connectivity index (χ1n) is 6.10. The maximum atomic E-state index is 12.1. The smallest absolute Gasteiger partial charge is 0.265 e. The number of nitrogens with zero attached hydrogens (tertiary/aromatic N) is 1. The summed E-state index contributed by atoms with van der Waals surface area (Å²) in [6.07, 6.45) is 0.371. The summed E-state index contributed by atoms with van der Waals surface area (Å²) in [6, 6.07) is 0.933. The second-order valence-corrected chi connectivity index (χ2v) is 4.86. The topological polar surface area (TPSA) is 35.5 Å². The van der Waals surface area contributed by atoms with Crippen LogP contribution in [0.5, 0.6) is 0 Å². The van der Waals surface area contributed by atoms with E-state index in [9.17, 15) is 8.78 Å². The average Bonchev–Trinajstić information content (AvgIpc) is 2.72. The second-order valence-electron chi connectivity index (χ2n) is 4.86. The third-order valence-electron chi connectivity index (χ3n) is 3.73. The number of aliphatic hydroxyl groups is 1. The van der Waals surface area contributed by atoms with Gasteiger partial charge in [-0.3, -0.25) is 0 Å². The lowest BCUT2D eigenvalue weighted by atomic mass is 9.97. The first-order chi connectivity index (χ1) is 7.66. The van der Waals surface area contributed by atoms with Gasteiger partial charge in [0.1, 0.15) is 6.10 Å². The molecule has 2 aliphatic rings. The molecule has 2 aliphatic heterocycles. The van der Waals surface area contributed by atoms with Crippen LogP contribution in [-0.4, -0.2) is 54.3 Å². The van der Waals surface area contributed by atoms with E-state index in [-0.39, 0.29) is 6.54 Å². The van der Waals surface area contributed by atoms with Crippen molar-refractivity contribution in [3.05, 3.63) is 0 Å². The molecule has 2 fully saturated rings. The molecule has 0 aromatic heterocycles. The molecule has 2 saturated heterocycles. The number of hydrogen-bond acceptors (Lipinski definition) is 3. The minimum atomic E-state index is -2.64. The number of nitrogens with one attached hydrogen (secondary N) is 1. The Kier molecular flexibility index (Phi) is 4.10. The van der Waals surface area contributed by atoms with Gasteiger partial charge in [0.05, 0.1) is 0 Å². The summed E-state index contributed by atoms with van der Waals surface area (Å²) in [5, 5.41) is 12.1. The van der Waals surface area contributed by atoms with Crippen LogP contribution in [0.4, 0.5) is 8.78 Å². The Morgan fingerprint density at radius 1 is 1.31 bits per heavy atom. The molecule has 3 nitrogen and oxygen atoms in total. The summed E-state index contributed by atoms with van der Waals surface area (Å²) in [4.78, 5) is 2.49. The summed E-state index contributed by atoms with van der Waals surface area (Å²) in [6.45, 7) is 2.26. The monoisotopic (exact) mass is 234 g/mol. The predicted molar refractivity (Wildman–Crippen MR) is 57.6 cm³/mol. The van der Waals surface area contributed by atoms with Crippen molar-refractivity contribution in [3.63, 3.8) is 0 Å². The minimum absolute atomic E-state index is 0.00898. The summed E-state index contributed by atoms with van der Waals surface area (Å²) in [5.41, 5.74) is 0. The van der Waals surface area contributed by atoms with Gasteiger partial charge in [-0.1, -0.05) is 0 Å². The summed E-state index contributed by atoms with van der Waals surface area (Å²) >= 11 is 0. The molecule has 5 heteroatoms. The number of aliphatic hydroxyl groups excluding tert-OH is 1. The zero-order chi connectivity index (χ0) is 11.5. The minimum Gasteiger partial charge on any atom is -0.386 e. The zero-order valence-electron chi connectivity index (χ0n) is 9.41. The van der Waals surface area contributed by atoms with Crippen molar-refractivity contribution in [3.8, 4) is 0 Å². The fourth-order valence-corrected chi connectivity index (χ4v) is 2.79. The lowest BCUT2D eigenvalue weighted by molar-refractivity contribution is -0.00614. The van der Waals surface area contributed by atoms with Crippen molar-refractivity contribution < 1.29 is 13.9 Å². The molecule has 0 aliphatic carbocycles. The van der Waals surface area contributed by atoms with Crippen LogP contribution in [0.15, 0.2) is 0 Å². The Morgan fingerprint density at radius 2 is 2.12 bits per heavy atom. The van der Waals surface area contributed by atoms with Crippen LogP contribution in [0.25, 0.3) is 0 Å². The Balaban J connectivity index is 1.71. The highest BCUT2D eigenvalue weighted by Crippen LogP contribution is 2.26. The van der Waals surface area contributed by atoms with Crippen LogP contribution in [-0.2, 0) is 0 Å². The quantitative estimate of drug-likeness (QED) is 0.756. The third kappa shape index (κ3) is 2.90. The predicted octanol–water partition coefficient (Wildman–Crippen LogP) is 0.829. The molecule has 94 valence electrons. The number of alkyl halides is 2. The van der Waals surface area contributed by atoms with E-state index in [4.69, 9.17) is 5.11 Å². The van der Waals surface area contributed by atoms with E-state index < -0.39 is 12.5 Å². The number of hydrogen-bond donors (Lipinski definition) is 2. The van der Waals surface area contributed by atoms with Gasteiger partial charge in [0, 0.05) is 18.6 Å². The van der Waals surface area contributed by atoms with Crippen molar-refractivity contribution in [2.45, 2.75) is 50.3 Å². The molecule has 0 spiro atoms. The molecule has 2 rings (SSSR count). The van der Waals surface area contributed by atoms with Gasteiger partial charge in [0.2, 0.25) is 0 Å². The summed E-state index contributed by atoms with van der Waals surface area (Å²) in [5.74, 6) is 0. The molecular weight excluding hydrogens is 214 g/mol. The van der Waals surface area contributed by atoms with E-state index in [1.807, 2.05) is 0 Å². The number of fused-ring (bicyclic) bond motifs is 1. The number of halogens is 2. The molecular formula is C11H20F2N2O. The molecule has 0 aromatic carbocycles. The van der Waals surface area contributed by atoms with Crippen LogP contribution >= 0.6 is 0 Å². The van der Waals surface area contributed by atoms with Gasteiger partial charge >= 0.3 is 0 Å². The molecule has 0 amide bonds. The standard InChI is InChI=1S/C11H20F2N2O/c12-11(13)10(16)7-14-8-3-5-15-4-1-2-9(15)6-8/h8-11,14,16H,1-7H2. The number of rotatable bonds is 4. The highest BCUT2D eigenvalue weighted by molar-refractivity contribution is 4.89. The van der Waals surface area contributed by atoms with Crippen LogP contribution < -0.4 is 5.32 Å². The first kappa shape index (κ1) is 12.2. The van der Waals surface area contributed by atoms with E-state index >= 15 is 0 Å². The molecule has 0 bridgehead atoms. The van der Waals surface area contributed by atoms with Gasteiger partial charge in [-0.25, -0.2) is 8.78 Å². The third-order valence-corrected chi connectivity index (χ3v) is 3.73. The molecule has 2 N–H and O–H groups in total. The lowest BCUT2D eigenvalue weighted by Crippen LogP contribution is -2.48. The van der Waals surface area contributed by atoms with Crippen molar-refractivity contribution in [2.75, 3.05) is 19.6 Å². The van der Waals surface area contributed by atoms with Crippen molar-refractivity contribution >= 4 is 0 Å². The molecule has 3 atom stereocenters. The molecule has 16 heavy (non-hydrogen) atoms. The number of piperidine rings is 1. The lowest BCUT2D eigenvalue weighted by Gasteiger charge is -2.35. The van der Waals surface area contributed by atoms with Gasteiger partial charge in [0.25, 0.3) is 6.43 Å². The maximum Gasteiger partial charge on any atom is 0.265 e. The van der Waals surface area contributed by atoms with Gasteiger partial charge < -0.3 is 15.3 Å². The van der Waals surface area contributed by atoms with Crippen LogP contribution in [0, 0.1) is 0 Å². The van der Waals surface area contributed by atoms with E-state index in [2.05, 4.69) is 10.2 Å². The SMILES string of the molecule is OC(CNC1CCN2CCCC2C1)C(F)F. The fraction of sp³-hybridized carbons (Fsp3) is 1.00. The van der Waals surface area contributed by atoms with Gasteiger partial charge in [0.15, 0.2) is 0 Å². The van der Waals surface area contributed by atoms with Gasteiger partial charge in [-0.2, -0.15) is 0 Å². The van der Waals surface area contributed by atoms with E-state index in [1.165, 1.54) is 19.4 Å². The van der Waals surface area contributed by atoms with E-state index in [1.54, 1.807) is 0 Å². The average molecular weight is 234 g/mol. The molecule has 0 radical (unpaired) electrons. The summed E-state index contributed by atoms with van der Waals surface area (Å²) in [7, 11) is 0. The van der Waals surface area contributed by atoms with Crippen molar-refractivity contribution in [1.82, 2.24) is 10.2 Å². The van der Waals surface area contributed by atoms with Gasteiger partial charge in [-0.15, -0.1) is 0 Å². The fourth-order valence-electron chi connectivity index (χ4n) is 2.79. The van der Waals surface area contributed by atoms with E-state index in [0.29, 0.717) is 12.1 Å². The van der Waals surface area contributed by atoms with Gasteiger partial charge in [-0.05, 0) is 38.8 Å². The summed E-state index contributed by atoms with van der Waals surface area (Å²) < 4.78 is 24.2. The Hall–Kier alpha value is -0.260.